The van der Waals surface area contributed by atoms with E-state index < -0.39 is 5.97 Å². The first-order valence-corrected chi connectivity index (χ1v) is 4.02. The zero-order valence-electron chi connectivity index (χ0n) is 7.40. The fourth-order valence-corrected chi connectivity index (χ4v) is 0.894. The first-order valence-electron chi connectivity index (χ1n) is 4.02. The monoisotopic (exact) mass is 191 g/mol. The molecule has 0 radical (unpaired) electrons. The van der Waals surface area contributed by atoms with Crippen molar-refractivity contribution >= 4 is 5.97 Å². The molecule has 0 aliphatic heterocycles. The van der Waals surface area contributed by atoms with Gasteiger partial charge in [-0.05, 0) is 6.07 Å². The fourth-order valence-electron chi connectivity index (χ4n) is 0.894. The molecule has 0 saturated carbocycles. The number of nitrogens with zero attached hydrogens (tertiary/aromatic N) is 1. The maximum absolute atomic E-state index is 10.7. The minimum Gasteiger partial charge on any atom is -0.478 e. The van der Waals surface area contributed by atoms with Gasteiger partial charge in [-0.25, -0.2) is 4.79 Å². The maximum atomic E-state index is 10.7. The third-order valence-corrected chi connectivity index (χ3v) is 1.51. The van der Waals surface area contributed by atoms with Crippen LogP contribution < -0.4 is 0 Å². The van der Waals surface area contributed by atoms with Crippen molar-refractivity contribution in [3.63, 3.8) is 0 Å². The highest BCUT2D eigenvalue weighted by Gasteiger charge is 2.06. The molecule has 72 valence electrons. The molecule has 4 heteroatoms. The van der Waals surface area contributed by atoms with Crippen molar-refractivity contribution < 1.29 is 15.0 Å². The minimum absolute atomic E-state index is 0.0321. The van der Waals surface area contributed by atoms with Gasteiger partial charge >= 0.3 is 5.97 Å². The summed E-state index contributed by atoms with van der Waals surface area (Å²) < 4.78 is 0. The highest BCUT2D eigenvalue weighted by molar-refractivity contribution is 5.90. The molecule has 1 heterocycles. The number of carboxylic acid groups (broad SMARTS) is 1. The van der Waals surface area contributed by atoms with Gasteiger partial charge in [-0.3, -0.25) is 4.98 Å². The van der Waals surface area contributed by atoms with E-state index in [0.717, 1.165) is 0 Å². The second kappa shape index (κ2) is 5.00. The van der Waals surface area contributed by atoms with E-state index in [-0.39, 0.29) is 12.2 Å². The average Bonchev–Trinajstić information content (AvgIpc) is 2.19. The summed E-state index contributed by atoms with van der Waals surface area (Å²) in [5.74, 6) is 4.26. The molecule has 0 aliphatic carbocycles. The maximum Gasteiger partial charge on any atom is 0.337 e. The summed E-state index contributed by atoms with van der Waals surface area (Å²) >= 11 is 0. The fraction of sp³-hybridized carbons (Fsp3) is 0.200. The SMILES string of the molecule is O=C(O)c1ccncc1C#CCCO. The predicted octanol–water partition coefficient (Wildman–Crippen LogP) is 0.514. The van der Waals surface area contributed by atoms with Crippen molar-refractivity contribution in [2.75, 3.05) is 6.61 Å². The van der Waals surface area contributed by atoms with Gasteiger partial charge < -0.3 is 10.2 Å². The van der Waals surface area contributed by atoms with Crippen LogP contribution in [0.15, 0.2) is 18.5 Å². The van der Waals surface area contributed by atoms with Gasteiger partial charge in [-0.1, -0.05) is 11.8 Å². The summed E-state index contributed by atoms with van der Waals surface area (Å²) in [6.07, 6.45) is 3.13. The lowest BCUT2D eigenvalue weighted by Crippen LogP contribution is -2.00. The second-order valence-corrected chi connectivity index (χ2v) is 2.50. The van der Waals surface area contributed by atoms with E-state index in [1.165, 1.54) is 18.5 Å². The van der Waals surface area contributed by atoms with E-state index in [1.807, 2.05) is 0 Å². The van der Waals surface area contributed by atoms with Crippen LogP contribution in [-0.2, 0) is 0 Å². The Balaban J connectivity index is 2.97. The van der Waals surface area contributed by atoms with Crippen LogP contribution in [-0.4, -0.2) is 27.8 Å². The van der Waals surface area contributed by atoms with Crippen molar-refractivity contribution in [1.82, 2.24) is 4.98 Å². The Morgan fingerprint density at radius 1 is 1.57 bits per heavy atom. The van der Waals surface area contributed by atoms with Crippen molar-refractivity contribution in [3.05, 3.63) is 29.6 Å². The van der Waals surface area contributed by atoms with Crippen molar-refractivity contribution in [2.45, 2.75) is 6.42 Å². The van der Waals surface area contributed by atoms with Gasteiger partial charge in [0, 0.05) is 18.8 Å². The van der Waals surface area contributed by atoms with E-state index >= 15 is 0 Å². The molecule has 0 saturated heterocycles. The molecule has 0 amide bonds. The highest BCUT2D eigenvalue weighted by atomic mass is 16.4. The second-order valence-electron chi connectivity index (χ2n) is 2.50. The van der Waals surface area contributed by atoms with Crippen LogP contribution in [0.25, 0.3) is 0 Å². The Morgan fingerprint density at radius 3 is 3.00 bits per heavy atom. The Labute approximate surface area is 81.2 Å². The van der Waals surface area contributed by atoms with E-state index in [1.54, 1.807) is 0 Å². The molecule has 0 spiro atoms. The molecule has 4 nitrogen and oxygen atoms in total. The smallest absolute Gasteiger partial charge is 0.337 e. The zero-order valence-corrected chi connectivity index (χ0v) is 7.40. The molecule has 0 atom stereocenters. The quantitative estimate of drug-likeness (QED) is 0.668. The van der Waals surface area contributed by atoms with Crippen molar-refractivity contribution in [3.8, 4) is 11.8 Å². The molecule has 0 aromatic carbocycles. The van der Waals surface area contributed by atoms with Gasteiger partial charge in [0.15, 0.2) is 0 Å². The van der Waals surface area contributed by atoms with Crippen LogP contribution in [0.5, 0.6) is 0 Å². The molecule has 14 heavy (non-hydrogen) atoms. The van der Waals surface area contributed by atoms with Crippen LogP contribution in [0.3, 0.4) is 0 Å². The van der Waals surface area contributed by atoms with Gasteiger partial charge in [0.1, 0.15) is 0 Å². The van der Waals surface area contributed by atoms with Gasteiger partial charge in [-0.2, -0.15) is 0 Å². The highest BCUT2D eigenvalue weighted by Crippen LogP contribution is 2.04. The lowest BCUT2D eigenvalue weighted by Gasteiger charge is -1.95. The van der Waals surface area contributed by atoms with Crippen LogP contribution >= 0.6 is 0 Å². The van der Waals surface area contributed by atoms with E-state index in [9.17, 15) is 4.79 Å². The van der Waals surface area contributed by atoms with E-state index in [4.69, 9.17) is 10.2 Å². The topological polar surface area (TPSA) is 70.4 Å². The Kier molecular flexibility index (Phi) is 3.65. The lowest BCUT2D eigenvalue weighted by molar-refractivity contribution is 0.0696. The predicted molar refractivity (Wildman–Crippen MR) is 49.8 cm³/mol. The molecule has 2 N–H and O–H groups in total. The largest absolute Gasteiger partial charge is 0.478 e. The minimum atomic E-state index is -1.03. The lowest BCUT2D eigenvalue weighted by atomic mass is 10.1. The number of carboxylic acids is 1. The summed E-state index contributed by atoms with van der Waals surface area (Å²) in [7, 11) is 0. The summed E-state index contributed by atoms with van der Waals surface area (Å²) in [6, 6.07) is 1.39. The Morgan fingerprint density at radius 2 is 2.36 bits per heavy atom. The Bertz CT molecular complexity index is 390. The van der Waals surface area contributed by atoms with Gasteiger partial charge in [0.25, 0.3) is 0 Å². The molecule has 0 aliphatic rings. The number of pyridine rings is 1. The average molecular weight is 191 g/mol. The molecule has 0 fully saturated rings. The first-order chi connectivity index (χ1) is 6.75. The number of rotatable bonds is 2. The molecule has 1 aromatic heterocycles. The van der Waals surface area contributed by atoms with Gasteiger partial charge in [0.05, 0.1) is 17.7 Å². The number of carbonyl (C=O) groups is 1. The van der Waals surface area contributed by atoms with E-state index in [2.05, 4.69) is 16.8 Å². The summed E-state index contributed by atoms with van der Waals surface area (Å²) in [6.45, 7) is -0.0321. The van der Waals surface area contributed by atoms with Crippen LogP contribution in [0.2, 0.25) is 0 Å². The third-order valence-electron chi connectivity index (χ3n) is 1.51. The molecule has 0 unspecified atom stereocenters. The summed E-state index contributed by atoms with van der Waals surface area (Å²) in [4.78, 5) is 14.5. The summed E-state index contributed by atoms with van der Waals surface area (Å²) in [5.41, 5.74) is 0.499. The standard InChI is InChI=1S/C10H9NO3/c12-6-2-1-3-8-7-11-5-4-9(8)10(13)14/h4-5,7,12H,2,6H2,(H,13,14). The molecule has 1 rings (SSSR count). The van der Waals surface area contributed by atoms with Crippen LogP contribution in [0, 0.1) is 11.8 Å². The van der Waals surface area contributed by atoms with Gasteiger partial charge in [-0.15, -0.1) is 0 Å². The van der Waals surface area contributed by atoms with Crippen molar-refractivity contribution in [2.24, 2.45) is 0 Å². The Hall–Kier alpha value is -1.86. The number of aromatic carboxylic acids is 1. The molecular weight excluding hydrogens is 182 g/mol. The third kappa shape index (κ3) is 2.57. The number of aliphatic hydroxyl groups is 1. The van der Waals surface area contributed by atoms with Crippen LogP contribution in [0.4, 0.5) is 0 Å². The number of hydrogen-bond donors (Lipinski definition) is 2. The number of hydrogen-bond acceptors (Lipinski definition) is 3. The first kappa shape index (κ1) is 10.2. The summed E-state index contributed by atoms with van der Waals surface area (Å²) in [5, 5.41) is 17.3. The van der Waals surface area contributed by atoms with Gasteiger partial charge in [0.2, 0.25) is 0 Å². The number of aliphatic hydroxyl groups excluding tert-OH is 1. The zero-order chi connectivity index (χ0) is 10.4. The van der Waals surface area contributed by atoms with Crippen LogP contribution in [0.1, 0.15) is 22.3 Å². The van der Waals surface area contributed by atoms with E-state index in [0.29, 0.717) is 12.0 Å². The molecule has 1 aromatic rings. The number of aromatic nitrogens is 1. The molecule has 0 bridgehead atoms. The normalized spacial score (nSPS) is 8.93. The molecular formula is C10H9NO3. The van der Waals surface area contributed by atoms with Crippen molar-refractivity contribution in [1.29, 1.82) is 0 Å².